The van der Waals surface area contributed by atoms with Crippen molar-refractivity contribution in [2.24, 2.45) is 5.92 Å². The van der Waals surface area contributed by atoms with Crippen molar-refractivity contribution in [2.75, 3.05) is 6.54 Å². The Morgan fingerprint density at radius 1 is 1.35 bits per heavy atom. The van der Waals surface area contributed by atoms with Crippen molar-refractivity contribution in [1.82, 2.24) is 5.32 Å². The van der Waals surface area contributed by atoms with Crippen LogP contribution in [-0.4, -0.2) is 23.5 Å². The van der Waals surface area contributed by atoms with Crippen LogP contribution >= 0.6 is 0 Å². The quantitative estimate of drug-likeness (QED) is 0.871. The van der Waals surface area contributed by atoms with Gasteiger partial charge in [0.25, 0.3) is 0 Å². The highest BCUT2D eigenvalue weighted by Gasteiger charge is 2.35. The van der Waals surface area contributed by atoms with E-state index in [2.05, 4.69) is 5.32 Å². The fourth-order valence-electron chi connectivity index (χ4n) is 2.64. The Bertz CT molecular complexity index is 459. The van der Waals surface area contributed by atoms with E-state index in [1.165, 1.54) is 0 Å². The summed E-state index contributed by atoms with van der Waals surface area (Å²) in [5.41, 5.74) is 1.21. The minimum Gasteiger partial charge on any atom is -0.478 e. The zero-order valence-corrected chi connectivity index (χ0v) is 11.2. The summed E-state index contributed by atoms with van der Waals surface area (Å²) in [7, 11) is 0. The van der Waals surface area contributed by atoms with Gasteiger partial charge in [-0.15, -0.1) is 0 Å². The Morgan fingerprint density at radius 2 is 2.05 bits per heavy atom. The Balaban J connectivity index is 1.76. The van der Waals surface area contributed by atoms with Crippen LogP contribution in [0.15, 0.2) is 24.3 Å². The molecule has 20 heavy (non-hydrogen) atoms. The molecule has 1 aliphatic carbocycles. The van der Waals surface area contributed by atoms with Crippen molar-refractivity contribution in [1.29, 1.82) is 0 Å². The standard InChI is InChI=1S/C15H19F2NO2/c16-15(17)7-1-2-12(8-15)10-18-9-11-3-5-13(6-4-11)14(19)20/h3-6,12,18H,1-2,7-10H2,(H,19,20). The lowest BCUT2D eigenvalue weighted by Crippen LogP contribution is -2.32. The molecule has 110 valence electrons. The van der Waals surface area contributed by atoms with Crippen molar-refractivity contribution < 1.29 is 18.7 Å². The second-order valence-corrected chi connectivity index (χ2v) is 5.45. The average Bonchev–Trinajstić information content (AvgIpc) is 2.38. The molecule has 1 atom stereocenters. The van der Waals surface area contributed by atoms with Crippen LogP contribution in [0.1, 0.15) is 41.6 Å². The molecule has 0 saturated heterocycles. The van der Waals surface area contributed by atoms with E-state index >= 15 is 0 Å². The van der Waals surface area contributed by atoms with Gasteiger partial charge in [-0.3, -0.25) is 0 Å². The van der Waals surface area contributed by atoms with Crippen LogP contribution in [0, 0.1) is 5.92 Å². The third-order valence-electron chi connectivity index (χ3n) is 3.71. The number of hydrogen-bond donors (Lipinski definition) is 2. The van der Waals surface area contributed by atoms with Crippen molar-refractivity contribution in [3.63, 3.8) is 0 Å². The summed E-state index contributed by atoms with van der Waals surface area (Å²) < 4.78 is 26.5. The summed E-state index contributed by atoms with van der Waals surface area (Å²) in [6.07, 6.45) is 1.42. The Morgan fingerprint density at radius 3 is 2.65 bits per heavy atom. The summed E-state index contributed by atoms with van der Waals surface area (Å²) >= 11 is 0. The number of nitrogens with one attached hydrogen (secondary N) is 1. The van der Waals surface area contributed by atoms with Crippen molar-refractivity contribution >= 4 is 5.97 Å². The number of aromatic carboxylic acids is 1. The first-order chi connectivity index (χ1) is 9.46. The molecule has 1 aliphatic rings. The fourth-order valence-corrected chi connectivity index (χ4v) is 2.64. The normalized spacial score (nSPS) is 21.6. The predicted octanol–water partition coefficient (Wildman–Crippen LogP) is 3.30. The van der Waals surface area contributed by atoms with E-state index in [0.29, 0.717) is 19.5 Å². The van der Waals surface area contributed by atoms with Gasteiger partial charge in [0.1, 0.15) is 0 Å². The second-order valence-electron chi connectivity index (χ2n) is 5.45. The van der Waals surface area contributed by atoms with Crippen LogP contribution in [0.3, 0.4) is 0 Å². The molecule has 1 unspecified atom stereocenters. The highest BCUT2D eigenvalue weighted by Crippen LogP contribution is 2.36. The van der Waals surface area contributed by atoms with Gasteiger partial charge in [-0.2, -0.15) is 0 Å². The van der Waals surface area contributed by atoms with Crippen LogP contribution in [0.25, 0.3) is 0 Å². The number of carboxylic acid groups (broad SMARTS) is 1. The van der Waals surface area contributed by atoms with E-state index in [-0.39, 0.29) is 24.3 Å². The van der Waals surface area contributed by atoms with Gasteiger partial charge in [-0.05, 0) is 43.0 Å². The third-order valence-corrected chi connectivity index (χ3v) is 3.71. The number of carbonyl (C=O) groups is 1. The fraction of sp³-hybridized carbons (Fsp3) is 0.533. The molecule has 5 heteroatoms. The molecule has 1 aromatic carbocycles. The molecule has 1 aromatic rings. The van der Waals surface area contributed by atoms with E-state index in [9.17, 15) is 13.6 Å². The smallest absolute Gasteiger partial charge is 0.335 e. The summed E-state index contributed by atoms with van der Waals surface area (Å²) in [5, 5.41) is 12.0. The van der Waals surface area contributed by atoms with E-state index < -0.39 is 11.9 Å². The van der Waals surface area contributed by atoms with E-state index in [1.807, 2.05) is 0 Å². The molecule has 0 amide bonds. The van der Waals surface area contributed by atoms with Crippen LogP contribution in [0.4, 0.5) is 8.78 Å². The summed E-state index contributed by atoms with van der Waals surface area (Å²) in [5.74, 6) is -3.43. The molecule has 1 saturated carbocycles. The summed E-state index contributed by atoms with van der Waals surface area (Å²) in [4.78, 5) is 10.7. The van der Waals surface area contributed by atoms with Gasteiger partial charge in [0.05, 0.1) is 5.56 Å². The lowest BCUT2D eigenvalue weighted by Gasteiger charge is -2.29. The van der Waals surface area contributed by atoms with Crippen LogP contribution in [0.2, 0.25) is 0 Å². The molecule has 0 heterocycles. The molecular formula is C15H19F2NO2. The van der Waals surface area contributed by atoms with Gasteiger partial charge in [0, 0.05) is 19.4 Å². The van der Waals surface area contributed by atoms with Gasteiger partial charge in [-0.1, -0.05) is 12.1 Å². The third kappa shape index (κ3) is 4.27. The molecule has 0 aliphatic heterocycles. The van der Waals surface area contributed by atoms with Crippen molar-refractivity contribution in [3.05, 3.63) is 35.4 Å². The number of carboxylic acids is 1. The highest BCUT2D eigenvalue weighted by atomic mass is 19.3. The lowest BCUT2D eigenvalue weighted by molar-refractivity contribution is -0.0520. The summed E-state index contributed by atoms with van der Waals surface area (Å²) in [6.45, 7) is 1.15. The zero-order chi connectivity index (χ0) is 14.6. The van der Waals surface area contributed by atoms with Gasteiger partial charge in [0.2, 0.25) is 5.92 Å². The maximum atomic E-state index is 13.2. The number of halogens is 2. The largest absolute Gasteiger partial charge is 0.478 e. The SMILES string of the molecule is O=C(O)c1ccc(CNCC2CCCC(F)(F)C2)cc1. The first-order valence-electron chi connectivity index (χ1n) is 6.87. The minimum absolute atomic E-state index is 0.0140. The number of alkyl halides is 2. The van der Waals surface area contributed by atoms with Crippen LogP contribution < -0.4 is 5.32 Å². The van der Waals surface area contributed by atoms with Gasteiger partial charge in [0.15, 0.2) is 0 Å². The molecule has 2 rings (SSSR count). The molecule has 0 spiro atoms. The first kappa shape index (κ1) is 14.9. The van der Waals surface area contributed by atoms with Gasteiger partial charge in [-0.25, -0.2) is 13.6 Å². The molecule has 2 N–H and O–H groups in total. The Labute approximate surface area is 117 Å². The van der Waals surface area contributed by atoms with Gasteiger partial charge >= 0.3 is 5.97 Å². The van der Waals surface area contributed by atoms with E-state index in [0.717, 1.165) is 12.0 Å². The highest BCUT2D eigenvalue weighted by molar-refractivity contribution is 5.87. The lowest BCUT2D eigenvalue weighted by atomic mass is 9.86. The number of benzene rings is 1. The Hall–Kier alpha value is -1.49. The first-order valence-corrected chi connectivity index (χ1v) is 6.87. The monoisotopic (exact) mass is 283 g/mol. The second kappa shape index (κ2) is 6.31. The van der Waals surface area contributed by atoms with Crippen LogP contribution in [-0.2, 0) is 6.54 Å². The maximum absolute atomic E-state index is 13.2. The van der Waals surface area contributed by atoms with E-state index in [1.54, 1.807) is 24.3 Å². The minimum atomic E-state index is -2.51. The predicted molar refractivity (Wildman–Crippen MR) is 72.0 cm³/mol. The topological polar surface area (TPSA) is 49.3 Å². The average molecular weight is 283 g/mol. The molecule has 3 nitrogen and oxygen atoms in total. The molecule has 0 aromatic heterocycles. The van der Waals surface area contributed by atoms with E-state index in [4.69, 9.17) is 5.11 Å². The van der Waals surface area contributed by atoms with Gasteiger partial charge < -0.3 is 10.4 Å². The number of hydrogen-bond acceptors (Lipinski definition) is 2. The Kier molecular flexibility index (Phi) is 4.70. The van der Waals surface area contributed by atoms with Crippen molar-refractivity contribution in [3.8, 4) is 0 Å². The molecular weight excluding hydrogens is 264 g/mol. The van der Waals surface area contributed by atoms with Crippen molar-refractivity contribution in [2.45, 2.75) is 38.2 Å². The van der Waals surface area contributed by atoms with Crippen LogP contribution in [0.5, 0.6) is 0 Å². The number of rotatable bonds is 5. The molecule has 0 radical (unpaired) electrons. The molecule has 0 bridgehead atoms. The summed E-state index contributed by atoms with van der Waals surface area (Å²) in [6, 6.07) is 6.58. The zero-order valence-electron chi connectivity index (χ0n) is 11.2. The maximum Gasteiger partial charge on any atom is 0.335 e. The molecule has 1 fully saturated rings.